The number of alkyl halides is 3. The highest BCUT2D eigenvalue weighted by molar-refractivity contribution is 5.80. The highest BCUT2D eigenvalue weighted by Crippen LogP contribution is 2.35. The van der Waals surface area contributed by atoms with Crippen LogP contribution in [0.5, 0.6) is 0 Å². The molecule has 9 heteroatoms. The van der Waals surface area contributed by atoms with E-state index >= 15 is 0 Å². The third-order valence-electron chi connectivity index (χ3n) is 5.81. The number of piperidine rings is 1. The topological polar surface area (TPSA) is 78.9 Å². The number of rotatable bonds is 5. The second-order valence-corrected chi connectivity index (χ2v) is 8.13. The molecule has 0 spiro atoms. The van der Waals surface area contributed by atoms with E-state index < -0.39 is 12.1 Å². The zero-order valence-corrected chi connectivity index (χ0v) is 16.6. The van der Waals surface area contributed by atoms with E-state index in [4.69, 9.17) is 14.6 Å². The Labute approximate surface area is 173 Å². The first-order valence-corrected chi connectivity index (χ1v) is 10.2. The van der Waals surface area contributed by atoms with Crippen molar-refractivity contribution >= 4 is 11.9 Å². The van der Waals surface area contributed by atoms with E-state index in [2.05, 4.69) is 40.5 Å². The smallest absolute Gasteiger partial charge is 0.475 e. The standard InChI is InChI=1S/C19H26N2O2.C2HF3O2/c22-19(15-6-7-15)20-10-18-17-12-21(9-8-16(17)13-23-18)11-14-4-2-1-3-5-14;3-2(4,5)1(6)7/h1-5,15-18H,6-13H2,(H,20,22);(H,6,7)/t16-,17-,18+;/m0./s1. The normalized spacial score (nSPS) is 26.3. The highest BCUT2D eigenvalue weighted by atomic mass is 19.4. The summed E-state index contributed by atoms with van der Waals surface area (Å²) in [5.41, 5.74) is 1.38. The molecule has 3 aliphatic rings. The van der Waals surface area contributed by atoms with Gasteiger partial charge in [-0.2, -0.15) is 13.2 Å². The number of aliphatic carboxylic acids is 1. The summed E-state index contributed by atoms with van der Waals surface area (Å²) in [6, 6.07) is 10.7. The van der Waals surface area contributed by atoms with Crippen molar-refractivity contribution in [2.45, 2.75) is 38.1 Å². The monoisotopic (exact) mass is 428 g/mol. The van der Waals surface area contributed by atoms with E-state index in [-0.39, 0.29) is 17.9 Å². The van der Waals surface area contributed by atoms with Crippen LogP contribution in [0, 0.1) is 17.8 Å². The van der Waals surface area contributed by atoms with Crippen molar-refractivity contribution in [3.05, 3.63) is 35.9 Å². The summed E-state index contributed by atoms with van der Waals surface area (Å²) in [5, 5.41) is 10.2. The van der Waals surface area contributed by atoms with Gasteiger partial charge in [-0.25, -0.2) is 4.79 Å². The van der Waals surface area contributed by atoms with Crippen molar-refractivity contribution in [3.8, 4) is 0 Å². The lowest BCUT2D eigenvalue weighted by atomic mass is 9.84. The van der Waals surface area contributed by atoms with Crippen LogP contribution in [0.15, 0.2) is 30.3 Å². The Morgan fingerprint density at radius 3 is 2.43 bits per heavy atom. The fourth-order valence-corrected chi connectivity index (χ4v) is 3.99. The lowest BCUT2D eigenvalue weighted by molar-refractivity contribution is -0.192. The van der Waals surface area contributed by atoms with Gasteiger partial charge >= 0.3 is 12.1 Å². The average Bonchev–Trinajstić information content (AvgIpc) is 3.48. The number of carboxylic acid groups (broad SMARTS) is 1. The molecule has 4 rings (SSSR count). The predicted octanol–water partition coefficient (Wildman–Crippen LogP) is 2.68. The van der Waals surface area contributed by atoms with Crippen LogP contribution in [0.2, 0.25) is 0 Å². The van der Waals surface area contributed by atoms with Crippen molar-refractivity contribution in [2.75, 3.05) is 26.2 Å². The van der Waals surface area contributed by atoms with Crippen LogP contribution in [0.4, 0.5) is 13.2 Å². The number of likely N-dealkylation sites (tertiary alicyclic amines) is 1. The van der Waals surface area contributed by atoms with Gasteiger partial charge in [-0.3, -0.25) is 9.69 Å². The molecule has 0 aromatic heterocycles. The Morgan fingerprint density at radius 2 is 1.83 bits per heavy atom. The van der Waals surface area contributed by atoms with Crippen molar-refractivity contribution in [1.82, 2.24) is 10.2 Å². The molecule has 1 saturated carbocycles. The average molecular weight is 428 g/mol. The number of ether oxygens (including phenoxy) is 1. The Balaban J connectivity index is 0.000000318. The molecule has 3 atom stereocenters. The molecule has 2 saturated heterocycles. The van der Waals surface area contributed by atoms with Crippen molar-refractivity contribution in [3.63, 3.8) is 0 Å². The molecule has 1 aliphatic carbocycles. The zero-order valence-electron chi connectivity index (χ0n) is 16.6. The van der Waals surface area contributed by atoms with E-state index in [1.165, 1.54) is 12.0 Å². The van der Waals surface area contributed by atoms with Gasteiger partial charge in [0.25, 0.3) is 0 Å². The molecule has 2 aliphatic heterocycles. The van der Waals surface area contributed by atoms with Crippen molar-refractivity contribution in [2.24, 2.45) is 17.8 Å². The van der Waals surface area contributed by atoms with Gasteiger partial charge < -0.3 is 15.2 Å². The Hall–Kier alpha value is -2.13. The molecule has 1 aromatic carbocycles. The molecule has 1 aromatic rings. The molecule has 2 heterocycles. The molecule has 6 nitrogen and oxygen atoms in total. The van der Waals surface area contributed by atoms with Gasteiger partial charge in [0, 0.05) is 31.5 Å². The maximum atomic E-state index is 11.9. The summed E-state index contributed by atoms with van der Waals surface area (Å²) in [6.07, 6.45) is -1.55. The first-order valence-electron chi connectivity index (χ1n) is 10.2. The Bertz CT molecular complexity index is 725. The minimum atomic E-state index is -5.08. The summed E-state index contributed by atoms with van der Waals surface area (Å²) >= 11 is 0. The molecule has 30 heavy (non-hydrogen) atoms. The molecule has 2 N–H and O–H groups in total. The van der Waals surface area contributed by atoms with E-state index in [1.807, 2.05) is 0 Å². The molecule has 0 bridgehead atoms. The van der Waals surface area contributed by atoms with Crippen LogP contribution >= 0.6 is 0 Å². The molecular weight excluding hydrogens is 401 g/mol. The maximum absolute atomic E-state index is 11.9. The zero-order chi connectivity index (χ0) is 21.7. The lowest BCUT2D eigenvalue weighted by Crippen LogP contribution is -2.45. The van der Waals surface area contributed by atoms with Gasteiger partial charge in [-0.15, -0.1) is 0 Å². The third kappa shape index (κ3) is 6.43. The number of nitrogens with zero attached hydrogens (tertiary/aromatic N) is 1. The van der Waals surface area contributed by atoms with Gasteiger partial charge in [-0.1, -0.05) is 30.3 Å². The minimum absolute atomic E-state index is 0.196. The number of halogens is 3. The van der Waals surface area contributed by atoms with Crippen LogP contribution in [-0.2, 0) is 20.9 Å². The Morgan fingerprint density at radius 1 is 1.17 bits per heavy atom. The largest absolute Gasteiger partial charge is 0.490 e. The van der Waals surface area contributed by atoms with Crippen LogP contribution in [0.25, 0.3) is 0 Å². The number of benzene rings is 1. The lowest BCUT2D eigenvalue weighted by Gasteiger charge is -2.36. The summed E-state index contributed by atoms with van der Waals surface area (Å²) in [5.74, 6) is -1.01. The second-order valence-electron chi connectivity index (χ2n) is 8.13. The molecule has 0 radical (unpaired) electrons. The fourth-order valence-electron chi connectivity index (χ4n) is 3.99. The van der Waals surface area contributed by atoms with E-state index in [0.717, 1.165) is 39.1 Å². The highest BCUT2D eigenvalue weighted by Gasteiger charge is 2.41. The van der Waals surface area contributed by atoms with Crippen molar-refractivity contribution < 1.29 is 32.6 Å². The number of hydrogen-bond donors (Lipinski definition) is 2. The third-order valence-corrected chi connectivity index (χ3v) is 5.81. The van der Waals surface area contributed by atoms with Gasteiger partial charge in [-0.05, 0) is 37.3 Å². The number of fused-ring (bicyclic) bond motifs is 1. The number of carboxylic acids is 1. The quantitative estimate of drug-likeness (QED) is 0.754. The maximum Gasteiger partial charge on any atom is 0.490 e. The SMILES string of the molecule is O=C(NC[C@H]1OC[C@@H]2CCN(Cc3ccccc3)C[C@@H]21)C1CC1.O=C(O)C(F)(F)F. The number of hydrogen-bond acceptors (Lipinski definition) is 4. The van der Waals surface area contributed by atoms with Crippen LogP contribution in [-0.4, -0.2) is 60.4 Å². The van der Waals surface area contributed by atoms with E-state index in [0.29, 0.717) is 18.4 Å². The number of carbonyl (C=O) groups is 2. The van der Waals surface area contributed by atoms with Crippen LogP contribution < -0.4 is 5.32 Å². The van der Waals surface area contributed by atoms with E-state index in [1.54, 1.807) is 0 Å². The molecule has 166 valence electrons. The van der Waals surface area contributed by atoms with Crippen LogP contribution in [0.3, 0.4) is 0 Å². The molecule has 1 amide bonds. The molecule has 3 fully saturated rings. The first-order chi connectivity index (χ1) is 14.2. The predicted molar refractivity (Wildman–Crippen MR) is 102 cm³/mol. The van der Waals surface area contributed by atoms with E-state index in [9.17, 15) is 18.0 Å². The first kappa shape index (κ1) is 22.6. The fraction of sp³-hybridized carbons (Fsp3) is 0.619. The van der Waals surface area contributed by atoms with Gasteiger partial charge in [0.2, 0.25) is 5.91 Å². The summed E-state index contributed by atoms with van der Waals surface area (Å²) in [6.45, 7) is 4.82. The minimum Gasteiger partial charge on any atom is -0.475 e. The summed E-state index contributed by atoms with van der Waals surface area (Å²) in [7, 11) is 0. The summed E-state index contributed by atoms with van der Waals surface area (Å²) in [4.78, 5) is 23.3. The van der Waals surface area contributed by atoms with Crippen molar-refractivity contribution in [1.29, 1.82) is 0 Å². The molecular formula is C21H27F3N2O4. The summed E-state index contributed by atoms with van der Waals surface area (Å²) < 4.78 is 37.7. The van der Waals surface area contributed by atoms with Gasteiger partial charge in [0.15, 0.2) is 0 Å². The Kier molecular flexibility index (Phi) is 7.36. The second kappa shape index (κ2) is 9.78. The van der Waals surface area contributed by atoms with Gasteiger partial charge in [0.1, 0.15) is 0 Å². The van der Waals surface area contributed by atoms with Crippen LogP contribution in [0.1, 0.15) is 24.8 Å². The number of carbonyl (C=O) groups excluding carboxylic acids is 1. The van der Waals surface area contributed by atoms with Gasteiger partial charge in [0.05, 0.1) is 12.7 Å². The molecule has 0 unspecified atom stereocenters. The number of amides is 1. The number of nitrogens with one attached hydrogen (secondary N) is 1.